The van der Waals surface area contributed by atoms with Gasteiger partial charge >= 0.3 is 12.0 Å². The number of anilines is 1. The topological polar surface area (TPSA) is 129 Å². The number of amides is 4. The number of carboxylic acids is 1. The lowest BCUT2D eigenvalue weighted by molar-refractivity contribution is -0.134. The maximum atomic E-state index is 13.1. The normalized spacial score (nSPS) is 17.2. The Balaban J connectivity index is 1.86. The van der Waals surface area contributed by atoms with Crippen LogP contribution in [0.25, 0.3) is 0 Å². The molecule has 158 valence electrons. The monoisotopic (exact) mass is 430 g/mol. The summed E-state index contributed by atoms with van der Waals surface area (Å²) in [5, 5.41) is 15.6. The Kier molecular flexibility index (Phi) is 6.16. The first kappa shape index (κ1) is 21.4. The van der Waals surface area contributed by atoms with E-state index in [1.54, 1.807) is 12.1 Å². The van der Waals surface area contributed by atoms with Crippen LogP contribution in [0.4, 0.5) is 9.93 Å². The quantitative estimate of drug-likeness (QED) is 0.580. The van der Waals surface area contributed by atoms with E-state index in [4.69, 9.17) is 5.11 Å². The van der Waals surface area contributed by atoms with Gasteiger partial charge in [0, 0.05) is 5.38 Å². The molecule has 0 aliphatic carbocycles. The number of rotatable bonds is 7. The van der Waals surface area contributed by atoms with Crippen LogP contribution >= 0.6 is 11.3 Å². The van der Waals surface area contributed by atoms with Crippen LogP contribution < -0.4 is 10.6 Å². The molecule has 3 N–H and O–H groups in total. The molecule has 1 aromatic carbocycles. The summed E-state index contributed by atoms with van der Waals surface area (Å²) in [5.41, 5.74) is 1.34. The maximum absolute atomic E-state index is 13.1. The van der Waals surface area contributed by atoms with Gasteiger partial charge in [0.1, 0.15) is 12.1 Å². The van der Waals surface area contributed by atoms with E-state index >= 15 is 0 Å². The van der Waals surface area contributed by atoms with E-state index in [-0.39, 0.29) is 23.2 Å². The van der Waals surface area contributed by atoms with Gasteiger partial charge in [-0.05, 0) is 30.4 Å². The summed E-state index contributed by atoms with van der Waals surface area (Å²) in [6, 6.07) is 4.68. The highest BCUT2D eigenvalue weighted by atomic mass is 32.1. The molecule has 30 heavy (non-hydrogen) atoms. The molecular weight excluding hydrogens is 408 g/mol. The molecule has 2 heterocycles. The first-order chi connectivity index (χ1) is 14.2. The third kappa shape index (κ3) is 4.33. The van der Waals surface area contributed by atoms with Gasteiger partial charge in [-0.25, -0.2) is 19.5 Å². The average Bonchev–Trinajstić information content (AvgIpc) is 3.25. The van der Waals surface area contributed by atoms with Crippen molar-refractivity contribution in [2.75, 3.05) is 5.32 Å². The van der Waals surface area contributed by atoms with Crippen LogP contribution in [-0.2, 0) is 9.59 Å². The molecule has 0 spiro atoms. The number of aromatic carboxylic acids is 1. The molecule has 1 aliphatic rings. The second kappa shape index (κ2) is 8.62. The smallest absolute Gasteiger partial charge is 0.355 e. The van der Waals surface area contributed by atoms with Gasteiger partial charge in [0.05, 0.1) is 0 Å². The molecule has 1 saturated heterocycles. The number of aryl methyl sites for hydroxylation is 1. The zero-order chi connectivity index (χ0) is 22.0. The summed E-state index contributed by atoms with van der Waals surface area (Å²) >= 11 is 0.958. The predicted molar refractivity (Wildman–Crippen MR) is 110 cm³/mol. The molecule has 1 fully saturated rings. The minimum Gasteiger partial charge on any atom is -0.476 e. The van der Waals surface area contributed by atoms with Crippen LogP contribution in [0.5, 0.6) is 0 Å². The second-order valence-corrected chi connectivity index (χ2v) is 8.28. The maximum Gasteiger partial charge on any atom is 0.355 e. The van der Waals surface area contributed by atoms with E-state index in [2.05, 4.69) is 15.6 Å². The fourth-order valence-electron chi connectivity index (χ4n) is 3.30. The molecule has 2 atom stereocenters. The van der Waals surface area contributed by atoms with E-state index < -0.39 is 35.9 Å². The third-order valence-electron chi connectivity index (χ3n) is 4.73. The molecule has 9 nitrogen and oxygen atoms in total. The number of hydrogen-bond acceptors (Lipinski definition) is 6. The first-order valence-electron chi connectivity index (χ1n) is 9.37. The summed E-state index contributed by atoms with van der Waals surface area (Å²) in [6.07, 6.45) is 0.253. The van der Waals surface area contributed by atoms with Gasteiger partial charge in [-0.15, -0.1) is 11.3 Å². The predicted octanol–water partition coefficient (Wildman–Crippen LogP) is 2.80. The molecule has 2 aromatic rings. The highest BCUT2D eigenvalue weighted by Gasteiger charge is 2.45. The van der Waals surface area contributed by atoms with E-state index in [0.717, 1.165) is 21.8 Å². The Morgan fingerprint density at radius 3 is 2.60 bits per heavy atom. The van der Waals surface area contributed by atoms with Crippen LogP contribution in [0.1, 0.15) is 47.9 Å². The van der Waals surface area contributed by atoms with Crippen molar-refractivity contribution < 1.29 is 24.3 Å². The SMILES string of the molecule is Cc1ccccc1C1NC(=O)N([C@@H](CC(C)C)C(=O)Nc2nc(C(=O)O)cs2)C1=O. The van der Waals surface area contributed by atoms with Crippen molar-refractivity contribution in [3.8, 4) is 0 Å². The summed E-state index contributed by atoms with van der Waals surface area (Å²) in [7, 11) is 0. The lowest BCUT2D eigenvalue weighted by atomic mass is 9.99. The van der Waals surface area contributed by atoms with Crippen molar-refractivity contribution in [1.82, 2.24) is 15.2 Å². The van der Waals surface area contributed by atoms with E-state index in [1.165, 1.54) is 5.38 Å². The highest BCUT2D eigenvalue weighted by Crippen LogP contribution is 2.28. The first-order valence-corrected chi connectivity index (χ1v) is 10.3. The summed E-state index contributed by atoms with van der Waals surface area (Å²) in [6.45, 7) is 5.60. The number of hydrogen-bond donors (Lipinski definition) is 3. The van der Waals surface area contributed by atoms with Crippen LogP contribution in [0.2, 0.25) is 0 Å². The van der Waals surface area contributed by atoms with Crippen LogP contribution in [0.3, 0.4) is 0 Å². The van der Waals surface area contributed by atoms with E-state index in [0.29, 0.717) is 5.56 Å². The molecule has 4 amide bonds. The van der Waals surface area contributed by atoms with Crippen molar-refractivity contribution >= 4 is 40.3 Å². The van der Waals surface area contributed by atoms with Gasteiger partial charge in [0.25, 0.3) is 5.91 Å². The Hall–Kier alpha value is -3.27. The van der Waals surface area contributed by atoms with Crippen LogP contribution in [0, 0.1) is 12.8 Å². The number of aromatic nitrogens is 1. The number of carbonyl (C=O) groups is 4. The van der Waals surface area contributed by atoms with Crippen molar-refractivity contribution in [2.24, 2.45) is 5.92 Å². The minimum atomic E-state index is -1.21. The largest absolute Gasteiger partial charge is 0.476 e. The Morgan fingerprint density at radius 2 is 2.00 bits per heavy atom. The summed E-state index contributed by atoms with van der Waals surface area (Å²) < 4.78 is 0. The number of nitrogens with one attached hydrogen (secondary N) is 2. The van der Waals surface area contributed by atoms with Gasteiger partial charge in [-0.2, -0.15) is 0 Å². The van der Waals surface area contributed by atoms with Crippen molar-refractivity contribution in [3.05, 3.63) is 46.5 Å². The van der Waals surface area contributed by atoms with Gasteiger partial charge < -0.3 is 15.7 Å². The molecule has 10 heteroatoms. The minimum absolute atomic E-state index is 0.0183. The molecule has 1 aromatic heterocycles. The molecule has 1 aliphatic heterocycles. The second-order valence-electron chi connectivity index (χ2n) is 7.42. The molecule has 1 unspecified atom stereocenters. The van der Waals surface area contributed by atoms with E-state index in [9.17, 15) is 19.2 Å². The van der Waals surface area contributed by atoms with Gasteiger partial charge in [0.2, 0.25) is 5.91 Å². The molecule has 3 rings (SSSR count). The zero-order valence-electron chi connectivity index (χ0n) is 16.7. The number of imide groups is 1. The van der Waals surface area contributed by atoms with Gasteiger partial charge in [-0.1, -0.05) is 38.1 Å². The van der Waals surface area contributed by atoms with Gasteiger partial charge in [0.15, 0.2) is 10.8 Å². The van der Waals surface area contributed by atoms with Crippen LogP contribution in [-0.4, -0.2) is 44.8 Å². The molecule has 0 saturated carbocycles. The molecular formula is C20H22N4O5S. The van der Waals surface area contributed by atoms with Crippen molar-refractivity contribution in [3.63, 3.8) is 0 Å². The zero-order valence-corrected chi connectivity index (χ0v) is 17.5. The van der Waals surface area contributed by atoms with E-state index in [1.807, 2.05) is 32.9 Å². The Bertz CT molecular complexity index is 1000. The number of benzene rings is 1. The molecule has 0 bridgehead atoms. The van der Waals surface area contributed by atoms with Gasteiger partial charge in [-0.3, -0.25) is 9.59 Å². The number of nitrogens with zero attached hydrogens (tertiary/aromatic N) is 2. The summed E-state index contributed by atoms with van der Waals surface area (Å²) in [5.74, 6) is -2.28. The van der Waals surface area contributed by atoms with Crippen molar-refractivity contribution in [2.45, 2.75) is 39.3 Å². The lowest BCUT2D eigenvalue weighted by Crippen LogP contribution is -2.48. The number of thiazole rings is 1. The highest BCUT2D eigenvalue weighted by molar-refractivity contribution is 7.14. The Morgan fingerprint density at radius 1 is 1.30 bits per heavy atom. The fraction of sp³-hybridized carbons (Fsp3) is 0.350. The summed E-state index contributed by atoms with van der Waals surface area (Å²) in [4.78, 5) is 54.5. The van der Waals surface area contributed by atoms with Crippen LogP contribution in [0.15, 0.2) is 29.6 Å². The Labute approximate surface area is 177 Å². The van der Waals surface area contributed by atoms with Crippen molar-refractivity contribution in [1.29, 1.82) is 0 Å². The average molecular weight is 430 g/mol. The third-order valence-corrected chi connectivity index (χ3v) is 5.49. The fourth-order valence-corrected chi connectivity index (χ4v) is 3.99. The lowest BCUT2D eigenvalue weighted by Gasteiger charge is -2.25. The number of carboxylic acid groups (broad SMARTS) is 1. The number of carbonyl (C=O) groups excluding carboxylic acids is 3. The standard InChI is InChI=1S/C20H22N4O5S/c1-10(2)8-14(16(25)23-19-21-13(9-30-19)18(27)28)24-17(26)15(22-20(24)29)12-7-5-4-6-11(12)3/h4-7,9-10,14-15H,8H2,1-3H3,(H,22,29)(H,27,28)(H,21,23,25)/t14-,15?/m0/s1. The number of urea groups is 1. The molecule has 0 radical (unpaired) electrons.